The maximum absolute atomic E-state index is 9.74. The van der Waals surface area contributed by atoms with E-state index in [2.05, 4.69) is 13.8 Å². The quantitative estimate of drug-likeness (QED) is 0.687. The first kappa shape index (κ1) is 14.1. The highest BCUT2D eigenvalue weighted by Gasteiger charge is 2.32. The van der Waals surface area contributed by atoms with E-state index in [1.807, 2.05) is 13.8 Å². The maximum Gasteiger partial charge on any atom is 0.146 e. The fourth-order valence-corrected chi connectivity index (χ4v) is 3.39. The van der Waals surface area contributed by atoms with Gasteiger partial charge in [-0.25, -0.2) is 0 Å². The average molecular weight is 224 g/mol. The van der Waals surface area contributed by atoms with Gasteiger partial charge in [0.1, 0.15) is 6.71 Å². The molecule has 1 fully saturated rings. The molecule has 0 amide bonds. The van der Waals surface area contributed by atoms with Crippen LogP contribution in [0, 0.1) is 0 Å². The van der Waals surface area contributed by atoms with E-state index in [9.17, 15) is 5.11 Å². The molecule has 1 rings (SSSR count). The van der Waals surface area contributed by atoms with Gasteiger partial charge in [-0.15, -0.1) is 0 Å². The Labute approximate surface area is 102 Å². The molecule has 0 aromatic heterocycles. The van der Waals surface area contributed by atoms with Crippen molar-refractivity contribution in [3.05, 3.63) is 0 Å². The molecule has 1 heterocycles. The second-order valence-electron chi connectivity index (χ2n) is 6.45. The largest absolute Gasteiger partial charge is 0.390 e. The van der Waals surface area contributed by atoms with Crippen LogP contribution in [0.5, 0.6) is 0 Å². The molecule has 94 valence electrons. The Morgan fingerprint density at radius 1 is 1.31 bits per heavy atom. The highest BCUT2D eigenvalue weighted by atomic mass is 16.3. The van der Waals surface area contributed by atoms with Crippen LogP contribution in [0.4, 0.5) is 0 Å². The molecule has 0 bridgehead atoms. The van der Waals surface area contributed by atoms with E-state index in [0.29, 0.717) is 0 Å². The third-order valence-electron chi connectivity index (χ3n) is 4.42. The molecule has 0 spiro atoms. The van der Waals surface area contributed by atoms with E-state index >= 15 is 0 Å². The first-order valence-corrected chi connectivity index (χ1v) is 7.16. The summed E-state index contributed by atoms with van der Waals surface area (Å²) in [5.41, 5.74) is -0.473. The molecular weight excluding hydrogens is 195 g/mol. The number of rotatable bonds is 5. The zero-order chi connectivity index (χ0) is 12.2. The minimum absolute atomic E-state index is 0.473. The van der Waals surface area contributed by atoms with Crippen LogP contribution in [-0.4, -0.2) is 17.4 Å². The lowest BCUT2D eigenvalue weighted by atomic mass is 9.28. The third kappa shape index (κ3) is 4.49. The molecule has 0 saturated carbocycles. The lowest BCUT2D eigenvalue weighted by Crippen LogP contribution is -2.30. The zero-order valence-corrected chi connectivity index (χ0v) is 11.6. The molecule has 0 radical (unpaired) electrons. The summed E-state index contributed by atoms with van der Waals surface area (Å²) in [5, 5.41) is 9.74. The summed E-state index contributed by atoms with van der Waals surface area (Å²) in [7, 11) is 0. The van der Waals surface area contributed by atoms with Gasteiger partial charge in [-0.1, -0.05) is 63.9 Å². The van der Waals surface area contributed by atoms with Crippen LogP contribution in [0.1, 0.15) is 66.2 Å². The fourth-order valence-electron chi connectivity index (χ4n) is 3.39. The van der Waals surface area contributed by atoms with E-state index in [1.165, 1.54) is 38.4 Å². The van der Waals surface area contributed by atoms with Crippen molar-refractivity contribution in [1.82, 2.24) is 0 Å². The molecule has 1 nitrogen and oxygen atoms in total. The van der Waals surface area contributed by atoms with Gasteiger partial charge in [0.2, 0.25) is 0 Å². The summed E-state index contributed by atoms with van der Waals surface area (Å²) in [6.07, 6.45) is 9.10. The predicted octanol–water partition coefficient (Wildman–Crippen LogP) is 4.39. The molecular formula is C14H29BO. The highest BCUT2D eigenvalue weighted by molar-refractivity contribution is 6.62. The Bertz CT molecular complexity index is 197. The molecule has 0 aromatic rings. The molecule has 0 aromatic carbocycles. The summed E-state index contributed by atoms with van der Waals surface area (Å²) in [6.45, 7) is 9.53. The molecule has 1 aliphatic rings. The second-order valence-corrected chi connectivity index (χ2v) is 6.45. The standard InChI is InChI=1S/C14H29BO/c1-5-13-9-6-8-12(2)15(13)11-7-10-14(3,4)16/h12-13,16H,5-11H2,1-4H3. The zero-order valence-electron chi connectivity index (χ0n) is 11.6. The van der Waals surface area contributed by atoms with Gasteiger partial charge in [0.05, 0.1) is 5.60 Å². The van der Waals surface area contributed by atoms with Crippen molar-refractivity contribution in [2.45, 2.75) is 89.8 Å². The lowest BCUT2D eigenvalue weighted by Gasteiger charge is -2.34. The van der Waals surface area contributed by atoms with E-state index in [4.69, 9.17) is 0 Å². The highest BCUT2D eigenvalue weighted by Crippen LogP contribution is 2.40. The summed E-state index contributed by atoms with van der Waals surface area (Å²) in [4.78, 5) is 0. The number of aliphatic hydroxyl groups is 1. The van der Waals surface area contributed by atoms with Crippen molar-refractivity contribution < 1.29 is 5.11 Å². The molecule has 16 heavy (non-hydrogen) atoms. The summed E-state index contributed by atoms with van der Waals surface area (Å²) >= 11 is 0. The number of hydrogen-bond acceptors (Lipinski definition) is 1. The van der Waals surface area contributed by atoms with Gasteiger partial charge < -0.3 is 5.11 Å². The first-order valence-electron chi connectivity index (χ1n) is 7.16. The van der Waals surface area contributed by atoms with Crippen molar-refractivity contribution in [2.75, 3.05) is 0 Å². The third-order valence-corrected chi connectivity index (χ3v) is 4.42. The Kier molecular flexibility index (Phi) is 5.36. The van der Waals surface area contributed by atoms with Crippen molar-refractivity contribution in [3.63, 3.8) is 0 Å². The normalized spacial score (nSPS) is 27.2. The fraction of sp³-hybridized carbons (Fsp3) is 1.00. The minimum atomic E-state index is -0.473. The molecule has 1 aliphatic heterocycles. The Hall–Kier alpha value is 0.0249. The SMILES string of the molecule is CCC1CCCC(C)B1CCCC(C)(C)O. The topological polar surface area (TPSA) is 20.2 Å². The number of hydrogen-bond donors (Lipinski definition) is 1. The van der Waals surface area contributed by atoms with E-state index in [-0.39, 0.29) is 0 Å². The van der Waals surface area contributed by atoms with Gasteiger partial charge in [-0.05, 0) is 20.3 Å². The van der Waals surface area contributed by atoms with Crippen molar-refractivity contribution in [1.29, 1.82) is 0 Å². The second kappa shape index (κ2) is 6.09. The van der Waals surface area contributed by atoms with Gasteiger partial charge in [-0.3, -0.25) is 0 Å². The average Bonchev–Trinajstić information content (AvgIpc) is 2.18. The first-order chi connectivity index (χ1) is 7.44. The van der Waals surface area contributed by atoms with Gasteiger partial charge in [0, 0.05) is 0 Å². The summed E-state index contributed by atoms with van der Waals surface area (Å²) < 4.78 is 0. The van der Waals surface area contributed by atoms with E-state index in [1.54, 1.807) is 0 Å². The van der Waals surface area contributed by atoms with E-state index < -0.39 is 5.60 Å². The molecule has 2 atom stereocenters. The van der Waals surface area contributed by atoms with E-state index in [0.717, 1.165) is 24.8 Å². The molecule has 1 N–H and O–H groups in total. The Balaban J connectivity index is 2.37. The smallest absolute Gasteiger partial charge is 0.146 e. The van der Waals surface area contributed by atoms with Gasteiger partial charge in [-0.2, -0.15) is 0 Å². The summed E-state index contributed by atoms with van der Waals surface area (Å²) in [6, 6.07) is 0. The van der Waals surface area contributed by atoms with Crippen LogP contribution in [0.3, 0.4) is 0 Å². The molecule has 0 aliphatic carbocycles. The van der Waals surface area contributed by atoms with Gasteiger partial charge in [0.25, 0.3) is 0 Å². The van der Waals surface area contributed by atoms with Crippen molar-refractivity contribution >= 4 is 6.71 Å². The molecule has 2 unspecified atom stereocenters. The minimum Gasteiger partial charge on any atom is -0.390 e. The van der Waals surface area contributed by atoms with Gasteiger partial charge >= 0.3 is 0 Å². The van der Waals surface area contributed by atoms with Crippen LogP contribution in [0.25, 0.3) is 0 Å². The summed E-state index contributed by atoms with van der Waals surface area (Å²) in [5.74, 6) is 1.85. The lowest BCUT2D eigenvalue weighted by molar-refractivity contribution is 0.0701. The van der Waals surface area contributed by atoms with Crippen molar-refractivity contribution in [2.24, 2.45) is 0 Å². The van der Waals surface area contributed by atoms with Crippen molar-refractivity contribution in [3.8, 4) is 0 Å². The van der Waals surface area contributed by atoms with Crippen LogP contribution < -0.4 is 0 Å². The monoisotopic (exact) mass is 224 g/mol. The van der Waals surface area contributed by atoms with Crippen LogP contribution >= 0.6 is 0 Å². The van der Waals surface area contributed by atoms with Gasteiger partial charge in [0.15, 0.2) is 0 Å². The van der Waals surface area contributed by atoms with Crippen LogP contribution in [0.15, 0.2) is 0 Å². The maximum atomic E-state index is 9.74. The Morgan fingerprint density at radius 3 is 2.56 bits per heavy atom. The predicted molar refractivity (Wildman–Crippen MR) is 73.4 cm³/mol. The molecule has 2 heteroatoms. The molecule has 1 saturated heterocycles. The van der Waals surface area contributed by atoms with Crippen LogP contribution in [-0.2, 0) is 0 Å². The van der Waals surface area contributed by atoms with Crippen LogP contribution in [0.2, 0.25) is 18.0 Å². The Morgan fingerprint density at radius 2 is 2.00 bits per heavy atom.